The van der Waals surface area contributed by atoms with E-state index in [2.05, 4.69) is 10.1 Å². The quantitative estimate of drug-likeness (QED) is 0.852. The van der Waals surface area contributed by atoms with E-state index in [1.165, 1.54) is 6.07 Å². The Labute approximate surface area is 147 Å². The van der Waals surface area contributed by atoms with Gasteiger partial charge in [-0.25, -0.2) is 4.79 Å². The van der Waals surface area contributed by atoms with E-state index in [1.807, 2.05) is 20.8 Å². The second-order valence-electron chi connectivity index (χ2n) is 7.22. The predicted octanol–water partition coefficient (Wildman–Crippen LogP) is 4.35. The van der Waals surface area contributed by atoms with Gasteiger partial charge in [0.25, 0.3) is 0 Å². The normalized spacial score (nSPS) is 18.2. The van der Waals surface area contributed by atoms with Crippen LogP contribution in [0.1, 0.15) is 33.6 Å². The van der Waals surface area contributed by atoms with Crippen molar-refractivity contribution in [2.24, 2.45) is 5.92 Å². The summed E-state index contributed by atoms with van der Waals surface area (Å²) in [5, 5.41) is 3.23. The molecule has 1 heterocycles. The first-order chi connectivity index (χ1) is 11.7. The molecule has 1 aromatic carbocycles. The Bertz CT molecular complexity index is 576. The average Bonchev–Trinajstić information content (AvgIpc) is 2.51. The number of nitrogens with one attached hydrogen (secondary N) is 1. The van der Waals surface area contributed by atoms with Crippen LogP contribution in [0.4, 0.5) is 19.3 Å². The monoisotopic (exact) mass is 356 g/mol. The molecule has 1 fully saturated rings. The molecule has 140 valence electrons. The van der Waals surface area contributed by atoms with Gasteiger partial charge in [0.2, 0.25) is 0 Å². The van der Waals surface area contributed by atoms with Gasteiger partial charge in [-0.1, -0.05) is 6.07 Å². The number of benzene rings is 1. The SMILES string of the molecule is CC(C)(C)OC(=O)N1CCCC(CNc2cccc(OC(F)F)c2)C1. The van der Waals surface area contributed by atoms with E-state index in [0.717, 1.165) is 12.8 Å². The molecule has 1 saturated heterocycles. The van der Waals surface area contributed by atoms with E-state index in [4.69, 9.17) is 4.74 Å². The van der Waals surface area contributed by atoms with Crippen molar-refractivity contribution in [3.63, 3.8) is 0 Å². The molecule has 2 rings (SSSR count). The van der Waals surface area contributed by atoms with E-state index in [0.29, 0.717) is 25.3 Å². The van der Waals surface area contributed by atoms with Crippen molar-refractivity contribution >= 4 is 11.8 Å². The van der Waals surface area contributed by atoms with Crippen LogP contribution in [-0.4, -0.2) is 42.8 Å². The molecule has 5 nitrogen and oxygen atoms in total. The molecule has 0 aromatic heterocycles. The van der Waals surface area contributed by atoms with Crippen LogP contribution in [0.5, 0.6) is 5.75 Å². The summed E-state index contributed by atoms with van der Waals surface area (Å²) >= 11 is 0. The van der Waals surface area contributed by atoms with Crippen molar-refractivity contribution < 1.29 is 23.0 Å². The number of likely N-dealkylation sites (tertiary alicyclic amines) is 1. The number of alkyl halides is 2. The fourth-order valence-corrected chi connectivity index (χ4v) is 2.77. The molecule has 1 amide bonds. The first kappa shape index (κ1) is 19.3. The highest BCUT2D eigenvalue weighted by molar-refractivity contribution is 5.68. The first-order valence-corrected chi connectivity index (χ1v) is 8.49. The highest BCUT2D eigenvalue weighted by atomic mass is 19.3. The van der Waals surface area contributed by atoms with Crippen LogP contribution in [0.3, 0.4) is 0 Å². The maximum absolute atomic E-state index is 12.3. The van der Waals surface area contributed by atoms with Gasteiger partial charge in [-0.15, -0.1) is 0 Å². The van der Waals surface area contributed by atoms with Gasteiger partial charge in [0, 0.05) is 31.4 Å². The smallest absolute Gasteiger partial charge is 0.410 e. The fraction of sp³-hybridized carbons (Fsp3) is 0.611. The molecule has 1 N–H and O–H groups in total. The minimum absolute atomic E-state index is 0.124. The second kappa shape index (κ2) is 8.36. The Morgan fingerprint density at radius 2 is 2.16 bits per heavy atom. The molecule has 25 heavy (non-hydrogen) atoms. The summed E-state index contributed by atoms with van der Waals surface area (Å²) in [7, 11) is 0. The zero-order chi connectivity index (χ0) is 18.4. The summed E-state index contributed by atoms with van der Waals surface area (Å²) in [4.78, 5) is 13.9. The van der Waals surface area contributed by atoms with E-state index in [-0.39, 0.29) is 17.8 Å². The van der Waals surface area contributed by atoms with Gasteiger partial charge in [0.05, 0.1) is 0 Å². The molecule has 0 saturated carbocycles. The van der Waals surface area contributed by atoms with Crippen molar-refractivity contribution in [2.75, 3.05) is 25.0 Å². The van der Waals surface area contributed by atoms with E-state index in [9.17, 15) is 13.6 Å². The predicted molar refractivity (Wildman–Crippen MR) is 92.1 cm³/mol. The summed E-state index contributed by atoms with van der Waals surface area (Å²) in [6.45, 7) is 4.68. The molecule has 1 aliphatic heterocycles. The molecule has 0 bridgehead atoms. The van der Waals surface area contributed by atoms with Crippen LogP contribution >= 0.6 is 0 Å². The van der Waals surface area contributed by atoms with Crippen molar-refractivity contribution in [1.29, 1.82) is 0 Å². The number of piperidine rings is 1. The van der Waals surface area contributed by atoms with Gasteiger partial charge in [0.15, 0.2) is 0 Å². The number of anilines is 1. The number of hydrogen-bond donors (Lipinski definition) is 1. The van der Waals surface area contributed by atoms with Crippen LogP contribution in [0.15, 0.2) is 24.3 Å². The average molecular weight is 356 g/mol. The molecule has 0 radical (unpaired) electrons. The summed E-state index contributed by atoms with van der Waals surface area (Å²) in [5.41, 5.74) is 0.209. The molecule has 1 aromatic rings. The number of carbonyl (C=O) groups excluding carboxylic acids is 1. The third kappa shape index (κ3) is 6.76. The van der Waals surface area contributed by atoms with Crippen molar-refractivity contribution in [1.82, 2.24) is 4.90 Å². The molecule has 0 aliphatic carbocycles. The summed E-state index contributed by atoms with van der Waals surface area (Å²) in [6, 6.07) is 6.49. The maximum atomic E-state index is 12.3. The zero-order valence-corrected chi connectivity index (χ0v) is 14.9. The van der Waals surface area contributed by atoms with Crippen LogP contribution in [0.2, 0.25) is 0 Å². The number of halogens is 2. The molecular weight excluding hydrogens is 330 g/mol. The number of carbonyl (C=O) groups is 1. The molecular formula is C18H26F2N2O3. The first-order valence-electron chi connectivity index (χ1n) is 8.49. The lowest BCUT2D eigenvalue weighted by Crippen LogP contribution is -2.44. The Balaban J connectivity index is 1.85. The number of rotatable bonds is 5. The van der Waals surface area contributed by atoms with Gasteiger partial charge >= 0.3 is 12.7 Å². The van der Waals surface area contributed by atoms with Gasteiger partial charge in [-0.05, 0) is 51.7 Å². The topological polar surface area (TPSA) is 50.8 Å². The second-order valence-corrected chi connectivity index (χ2v) is 7.22. The number of amides is 1. The van der Waals surface area contributed by atoms with Gasteiger partial charge in [-0.3, -0.25) is 0 Å². The Morgan fingerprint density at radius 1 is 1.40 bits per heavy atom. The Hall–Kier alpha value is -2.05. The van der Waals surface area contributed by atoms with Gasteiger partial charge in [0.1, 0.15) is 11.4 Å². The lowest BCUT2D eigenvalue weighted by Gasteiger charge is -2.34. The van der Waals surface area contributed by atoms with E-state index >= 15 is 0 Å². The van der Waals surface area contributed by atoms with Crippen LogP contribution in [0, 0.1) is 5.92 Å². The molecule has 0 spiro atoms. The van der Waals surface area contributed by atoms with E-state index < -0.39 is 12.2 Å². The van der Waals surface area contributed by atoms with Crippen molar-refractivity contribution in [3.05, 3.63) is 24.3 Å². The zero-order valence-electron chi connectivity index (χ0n) is 14.9. The van der Waals surface area contributed by atoms with Gasteiger partial charge < -0.3 is 19.7 Å². The lowest BCUT2D eigenvalue weighted by molar-refractivity contribution is -0.0498. The fourth-order valence-electron chi connectivity index (χ4n) is 2.77. The van der Waals surface area contributed by atoms with Gasteiger partial charge in [-0.2, -0.15) is 8.78 Å². The van der Waals surface area contributed by atoms with Crippen LogP contribution in [0.25, 0.3) is 0 Å². The van der Waals surface area contributed by atoms with E-state index in [1.54, 1.807) is 23.1 Å². The van der Waals surface area contributed by atoms with Crippen LogP contribution < -0.4 is 10.1 Å². The molecule has 7 heteroatoms. The minimum Gasteiger partial charge on any atom is -0.444 e. The summed E-state index contributed by atoms with van der Waals surface area (Å²) in [6.07, 6.45) is 1.63. The largest absolute Gasteiger partial charge is 0.444 e. The Kier molecular flexibility index (Phi) is 6.45. The maximum Gasteiger partial charge on any atom is 0.410 e. The minimum atomic E-state index is -2.84. The standard InChI is InChI=1S/C18H26F2N2O3/c1-18(2,3)25-17(23)22-9-5-6-13(12-22)11-21-14-7-4-8-15(10-14)24-16(19)20/h4,7-8,10,13,16,21H,5-6,9,11-12H2,1-3H3. The van der Waals surface area contributed by atoms with Crippen LogP contribution in [-0.2, 0) is 4.74 Å². The van der Waals surface area contributed by atoms with Crippen molar-refractivity contribution in [3.8, 4) is 5.75 Å². The third-order valence-corrected chi connectivity index (χ3v) is 3.82. The Morgan fingerprint density at radius 3 is 2.84 bits per heavy atom. The number of nitrogens with zero attached hydrogens (tertiary/aromatic N) is 1. The number of ether oxygens (including phenoxy) is 2. The third-order valence-electron chi connectivity index (χ3n) is 3.82. The summed E-state index contributed by atoms with van der Waals surface area (Å²) < 4.78 is 34.4. The summed E-state index contributed by atoms with van der Waals surface area (Å²) in [5.74, 6) is 0.403. The van der Waals surface area contributed by atoms with Crippen molar-refractivity contribution in [2.45, 2.75) is 45.8 Å². The molecule has 1 aliphatic rings. The highest BCUT2D eigenvalue weighted by Crippen LogP contribution is 2.22. The lowest BCUT2D eigenvalue weighted by atomic mass is 9.98. The molecule has 1 unspecified atom stereocenters. The highest BCUT2D eigenvalue weighted by Gasteiger charge is 2.27. The number of hydrogen-bond acceptors (Lipinski definition) is 4. The molecule has 1 atom stereocenters.